The van der Waals surface area contributed by atoms with Gasteiger partial charge in [-0.25, -0.2) is 0 Å². The molecule has 112 valence electrons. The largest absolute Gasteiger partial charge is 0.384 e. The summed E-state index contributed by atoms with van der Waals surface area (Å²) < 4.78 is 0. The Morgan fingerprint density at radius 1 is 0.667 bits per heavy atom. The number of hydrogen-bond donors (Lipinski definition) is 2. The molecule has 0 atom stereocenters. The van der Waals surface area contributed by atoms with Crippen molar-refractivity contribution in [3.05, 3.63) is 60.7 Å². The third-order valence-corrected chi connectivity index (χ3v) is 4.38. The lowest BCUT2D eigenvalue weighted by molar-refractivity contribution is 0.304. The van der Waals surface area contributed by atoms with Crippen LogP contribution in [-0.4, -0.2) is 13.1 Å². The molecule has 0 fully saturated rings. The van der Waals surface area contributed by atoms with Crippen LogP contribution in [0.1, 0.15) is 26.7 Å². The fraction of sp³-hybridized carbons (Fsp3) is 0.368. The summed E-state index contributed by atoms with van der Waals surface area (Å²) >= 11 is 0. The van der Waals surface area contributed by atoms with Crippen LogP contribution in [0.2, 0.25) is 0 Å². The summed E-state index contributed by atoms with van der Waals surface area (Å²) in [6, 6.07) is 20.9. The Balaban J connectivity index is 1.95. The van der Waals surface area contributed by atoms with E-state index >= 15 is 0 Å². The summed E-state index contributed by atoms with van der Waals surface area (Å²) in [6.07, 6.45) is 2.31. The molecular weight excluding hydrogens is 256 g/mol. The molecule has 0 aliphatic rings. The predicted octanol–water partition coefficient (Wildman–Crippen LogP) is 5.02. The Morgan fingerprint density at radius 2 is 1.05 bits per heavy atom. The molecule has 21 heavy (non-hydrogen) atoms. The summed E-state index contributed by atoms with van der Waals surface area (Å²) in [5.74, 6) is 0. The lowest BCUT2D eigenvalue weighted by Crippen LogP contribution is -2.35. The van der Waals surface area contributed by atoms with Crippen LogP contribution in [0, 0.1) is 5.41 Å². The number of anilines is 2. The lowest BCUT2D eigenvalue weighted by Gasteiger charge is -2.33. The lowest BCUT2D eigenvalue weighted by atomic mass is 9.82. The monoisotopic (exact) mass is 282 g/mol. The quantitative estimate of drug-likeness (QED) is 0.710. The molecule has 2 N–H and O–H groups in total. The number of rotatable bonds is 8. The first-order valence-corrected chi connectivity index (χ1v) is 7.86. The first kappa shape index (κ1) is 15.4. The van der Waals surface area contributed by atoms with Crippen LogP contribution in [0.5, 0.6) is 0 Å². The molecule has 2 aromatic carbocycles. The summed E-state index contributed by atoms with van der Waals surface area (Å²) in [6.45, 7) is 6.54. The minimum atomic E-state index is 0.270. The van der Waals surface area contributed by atoms with E-state index in [1.54, 1.807) is 0 Å². The van der Waals surface area contributed by atoms with Crippen LogP contribution in [0.3, 0.4) is 0 Å². The summed E-state index contributed by atoms with van der Waals surface area (Å²) in [4.78, 5) is 0. The van der Waals surface area contributed by atoms with Crippen molar-refractivity contribution in [2.45, 2.75) is 26.7 Å². The van der Waals surface area contributed by atoms with Crippen molar-refractivity contribution in [2.75, 3.05) is 23.7 Å². The summed E-state index contributed by atoms with van der Waals surface area (Å²) in [5.41, 5.74) is 2.66. The minimum absolute atomic E-state index is 0.270. The van der Waals surface area contributed by atoms with E-state index in [0.717, 1.165) is 25.9 Å². The van der Waals surface area contributed by atoms with Gasteiger partial charge in [0, 0.05) is 29.9 Å². The first-order valence-electron chi connectivity index (χ1n) is 7.86. The number of benzene rings is 2. The van der Waals surface area contributed by atoms with Crippen LogP contribution in [0.4, 0.5) is 11.4 Å². The molecule has 0 aliphatic heterocycles. The standard InChI is InChI=1S/C19H26N2/c1-3-19(4-2,15-20-17-11-7-5-8-12-17)16-21-18-13-9-6-10-14-18/h5-14,20-21H,3-4,15-16H2,1-2H3. The topological polar surface area (TPSA) is 24.1 Å². The van der Waals surface area contributed by atoms with Crippen LogP contribution in [0.25, 0.3) is 0 Å². The maximum atomic E-state index is 3.58. The third-order valence-electron chi connectivity index (χ3n) is 4.38. The summed E-state index contributed by atoms with van der Waals surface area (Å²) in [7, 11) is 0. The molecule has 0 aromatic heterocycles. The zero-order chi connectivity index (χ0) is 15.0. The number of hydrogen-bond acceptors (Lipinski definition) is 2. The van der Waals surface area contributed by atoms with Crippen molar-refractivity contribution in [3.8, 4) is 0 Å². The molecular formula is C19H26N2. The van der Waals surface area contributed by atoms with Gasteiger partial charge in [-0.3, -0.25) is 0 Å². The maximum absolute atomic E-state index is 3.58. The average molecular weight is 282 g/mol. The van der Waals surface area contributed by atoms with E-state index in [4.69, 9.17) is 0 Å². The minimum Gasteiger partial charge on any atom is -0.384 e. The molecule has 2 aromatic rings. The van der Waals surface area contributed by atoms with Crippen molar-refractivity contribution in [2.24, 2.45) is 5.41 Å². The molecule has 0 spiro atoms. The Morgan fingerprint density at radius 3 is 1.38 bits per heavy atom. The Hall–Kier alpha value is -1.96. The molecule has 0 amide bonds. The Kier molecular flexibility index (Phi) is 5.68. The molecule has 0 saturated carbocycles. The van der Waals surface area contributed by atoms with E-state index in [1.807, 2.05) is 0 Å². The summed E-state index contributed by atoms with van der Waals surface area (Å²) in [5, 5.41) is 7.17. The fourth-order valence-electron chi connectivity index (χ4n) is 2.50. The number of para-hydroxylation sites is 2. The molecule has 2 rings (SSSR count). The zero-order valence-corrected chi connectivity index (χ0v) is 13.1. The van der Waals surface area contributed by atoms with Crippen LogP contribution < -0.4 is 10.6 Å². The first-order chi connectivity index (χ1) is 10.3. The highest BCUT2D eigenvalue weighted by atomic mass is 14.9. The molecule has 0 radical (unpaired) electrons. The van der Waals surface area contributed by atoms with Crippen molar-refractivity contribution >= 4 is 11.4 Å². The van der Waals surface area contributed by atoms with Crippen LogP contribution in [0.15, 0.2) is 60.7 Å². The van der Waals surface area contributed by atoms with Gasteiger partial charge in [-0.15, -0.1) is 0 Å². The van der Waals surface area contributed by atoms with Gasteiger partial charge in [-0.1, -0.05) is 50.2 Å². The van der Waals surface area contributed by atoms with Crippen LogP contribution in [-0.2, 0) is 0 Å². The molecule has 2 nitrogen and oxygen atoms in total. The van der Waals surface area contributed by atoms with Gasteiger partial charge in [0.2, 0.25) is 0 Å². The van der Waals surface area contributed by atoms with E-state index in [1.165, 1.54) is 11.4 Å². The van der Waals surface area contributed by atoms with Gasteiger partial charge in [0.25, 0.3) is 0 Å². The van der Waals surface area contributed by atoms with Crippen molar-refractivity contribution < 1.29 is 0 Å². The van der Waals surface area contributed by atoms with Gasteiger partial charge in [0.1, 0.15) is 0 Å². The van der Waals surface area contributed by atoms with Gasteiger partial charge < -0.3 is 10.6 Å². The molecule has 0 heterocycles. The molecule has 2 heteroatoms. The Bertz CT molecular complexity index is 458. The van der Waals surface area contributed by atoms with E-state index < -0.39 is 0 Å². The second-order valence-corrected chi connectivity index (χ2v) is 5.65. The normalized spacial score (nSPS) is 11.1. The van der Waals surface area contributed by atoms with Crippen LogP contribution >= 0.6 is 0 Å². The fourth-order valence-corrected chi connectivity index (χ4v) is 2.50. The molecule has 0 aliphatic carbocycles. The van der Waals surface area contributed by atoms with E-state index in [0.29, 0.717) is 0 Å². The third kappa shape index (κ3) is 4.52. The SMILES string of the molecule is CCC(CC)(CNc1ccccc1)CNc1ccccc1. The van der Waals surface area contributed by atoms with E-state index in [9.17, 15) is 0 Å². The van der Waals surface area contributed by atoms with E-state index in [2.05, 4.69) is 85.1 Å². The molecule has 0 bridgehead atoms. The van der Waals surface area contributed by atoms with Gasteiger partial charge in [0.15, 0.2) is 0 Å². The smallest absolute Gasteiger partial charge is 0.0340 e. The maximum Gasteiger partial charge on any atom is 0.0340 e. The average Bonchev–Trinajstić information content (AvgIpc) is 2.58. The highest BCUT2D eigenvalue weighted by molar-refractivity contribution is 5.44. The van der Waals surface area contributed by atoms with Gasteiger partial charge in [-0.05, 0) is 37.1 Å². The molecule has 0 unspecified atom stereocenters. The predicted molar refractivity (Wildman–Crippen MR) is 92.9 cm³/mol. The number of nitrogens with one attached hydrogen (secondary N) is 2. The van der Waals surface area contributed by atoms with Crippen molar-refractivity contribution in [1.29, 1.82) is 0 Å². The highest BCUT2D eigenvalue weighted by Crippen LogP contribution is 2.27. The second-order valence-electron chi connectivity index (χ2n) is 5.65. The van der Waals surface area contributed by atoms with Gasteiger partial charge in [-0.2, -0.15) is 0 Å². The van der Waals surface area contributed by atoms with Crippen molar-refractivity contribution in [3.63, 3.8) is 0 Å². The van der Waals surface area contributed by atoms with E-state index in [-0.39, 0.29) is 5.41 Å². The van der Waals surface area contributed by atoms with Gasteiger partial charge >= 0.3 is 0 Å². The zero-order valence-electron chi connectivity index (χ0n) is 13.1. The molecule has 0 saturated heterocycles. The second kappa shape index (κ2) is 7.72. The Labute approximate surface area is 128 Å². The highest BCUT2D eigenvalue weighted by Gasteiger charge is 2.25. The van der Waals surface area contributed by atoms with Gasteiger partial charge in [0.05, 0.1) is 0 Å². The van der Waals surface area contributed by atoms with Crippen molar-refractivity contribution in [1.82, 2.24) is 0 Å².